The fourth-order valence-corrected chi connectivity index (χ4v) is 4.03. The van der Waals surface area contributed by atoms with Gasteiger partial charge in [-0.05, 0) is 31.2 Å². The molecular weight excluding hydrogens is 376 g/mol. The Morgan fingerprint density at radius 3 is 2.93 bits per heavy atom. The van der Waals surface area contributed by atoms with Crippen molar-refractivity contribution in [1.29, 1.82) is 0 Å². The molecule has 0 radical (unpaired) electrons. The van der Waals surface area contributed by atoms with E-state index in [9.17, 15) is 4.79 Å². The predicted molar refractivity (Wildman–Crippen MR) is 106 cm³/mol. The van der Waals surface area contributed by atoms with Crippen LogP contribution in [0.3, 0.4) is 0 Å². The Balaban J connectivity index is 1.53. The van der Waals surface area contributed by atoms with Crippen molar-refractivity contribution in [2.24, 2.45) is 0 Å². The number of piperazine rings is 1. The molecule has 0 bridgehead atoms. The van der Waals surface area contributed by atoms with Gasteiger partial charge in [0.05, 0.1) is 18.6 Å². The van der Waals surface area contributed by atoms with Gasteiger partial charge in [0.2, 0.25) is 5.91 Å². The molecular formula is C19H22N6O2S. The molecule has 28 heavy (non-hydrogen) atoms. The van der Waals surface area contributed by atoms with E-state index in [0.717, 1.165) is 36.8 Å². The maximum Gasteiger partial charge on any atom is 0.233 e. The highest BCUT2D eigenvalue weighted by Crippen LogP contribution is 2.25. The van der Waals surface area contributed by atoms with Crippen LogP contribution in [0.4, 0.5) is 0 Å². The Bertz CT molecular complexity index is 912. The molecule has 1 atom stereocenters. The van der Waals surface area contributed by atoms with Crippen LogP contribution in [-0.2, 0) is 11.3 Å². The highest BCUT2D eigenvalue weighted by molar-refractivity contribution is 7.99. The van der Waals surface area contributed by atoms with E-state index in [2.05, 4.69) is 27.4 Å². The number of carbonyl (C=O) groups excluding carboxylic acids is 1. The summed E-state index contributed by atoms with van der Waals surface area (Å²) in [6.07, 6.45) is 5.10. The third-order valence-corrected chi connectivity index (χ3v) is 5.55. The molecule has 1 N–H and O–H groups in total. The lowest BCUT2D eigenvalue weighted by molar-refractivity contribution is -0.129. The molecule has 1 amide bonds. The van der Waals surface area contributed by atoms with Crippen LogP contribution in [0.25, 0.3) is 11.4 Å². The molecule has 0 aromatic carbocycles. The van der Waals surface area contributed by atoms with Crippen LogP contribution in [0.5, 0.6) is 0 Å². The van der Waals surface area contributed by atoms with E-state index in [1.54, 1.807) is 18.7 Å². The van der Waals surface area contributed by atoms with Crippen molar-refractivity contribution in [1.82, 2.24) is 30.0 Å². The van der Waals surface area contributed by atoms with Crippen molar-refractivity contribution < 1.29 is 9.21 Å². The molecule has 0 unspecified atom stereocenters. The Morgan fingerprint density at radius 1 is 1.32 bits per heavy atom. The first-order valence-corrected chi connectivity index (χ1v) is 10.2. The molecule has 9 heteroatoms. The van der Waals surface area contributed by atoms with E-state index in [-0.39, 0.29) is 5.91 Å². The lowest BCUT2D eigenvalue weighted by atomic mass is 10.2. The summed E-state index contributed by atoms with van der Waals surface area (Å²) in [4.78, 5) is 18.6. The summed E-state index contributed by atoms with van der Waals surface area (Å²) in [6, 6.07) is 7.88. The zero-order valence-corrected chi connectivity index (χ0v) is 16.4. The van der Waals surface area contributed by atoms with Gasteiger partial charge in [-0.15, -0.1) is 10.2 Å². The van der Waals surface area contributed by atoms with Crippen molar-refractivity contribution in [2.75, 3.05) is 25.4 Å². The van der Waals surface area contributed by atoms with Crippen LogP contribution in [0.15, 0.2) is 52.5 Å². The normalized spacial score (nSPS) is 17.0. The molecule has 1 fully saturated rings. The summed E-state index contributed by atoms with van der Waals surface area (Å²) < 4.78 is 7.48. The summed E-state index contributed by atoms with van der Waals surface area (Å²) in [5.74, 6) is 1.99. The number of furan rings is 1. The zero-order valence-electron chi connectivity index (χ0n) is 15.6. The summed E-state index contributed by atoms with van der Waals surface area (Å²) in [5.41, 5.74) is 0.920. The fourth-order valence-electron chi connectivity index (χ4n) is 3.19. The van der Waals surface area contributed by atoms with Crippen molar-refractivity contribution in [3.05, 3.63) is 48.7 Å². The SMILES string of the molecule is C[C@@H]1CN(C(=O)CSc2nnc(-c3ccncc3)n2Cc2ccco2)CCN1. The number of amides is 1. The second kappa shape index (κ2) is 8.57. The van der Waals surface area contributed by atoms with E-state index in [1.165, 1.54) is 11.8 Å². The zero-order chi connectivity index (χ0) is 19.3. The molecule has 4 heterocycles. The van der Waals surface area contributed by atoms with Crippen LogP contribution in [-0.4, -0.2) is 62.0 Å². The molecule has 1 aliphatic heterocycles. The second-order valence-electron chi connectivity index (χ2n) is 6.69. The summed E-state index contributed by atoms with van der Waals surface area (Å²) in [7, 11) is 0. The van der Waals surface area contributed by atoms with Gasteiger partial charge >= 0.3 is 0 Å². The molecule has 1 saturated heterocycles. The van der Waals surface area contributed by atoms with E-state index >= 15 is 0 Å². The van der Waals surface area contributed by atoms with Crippen molar-refractivity contribution in [3.63, 3.8) is 0 Å². The monoisotopic (exact) mass is 398 g/mol. The standard InChI is InChI=1S/C19H22N6O2S/c1-14-11-24(9-8-21-14)17(26)13-28-19-23-22-18(15-4-6-20-7-5-15)25(19)12-16-3-2-10-27-16/h2-7,10,14,21H,8-9,11-13H2,1H3/t14-/m1/s1. The van der Waals surface area contributed by atoms with Gasteiger partial charge in [-0.3, -0.25) is 14.3 Å². The van der Waals surface area contributed by atoms with Crippen molar-refractivity contribution >= 4 is 17.7 Å². The topological polar surface area (TPSA) is 89.1 Å². The average molecular weight is 398 g/mol. The molecule has 0 saturated carbocycles. The van der Waals surface area contributed by atoms with Gasteiger partial charge in [-0.25, -0.2) is 0 Å². The minimum Gasteiger partial charge on any atom is -0.467 e. The number of carbonyl (C=O) groups is 1. The molecule has 0 aliphatic carbocycles. The van der Waals surface area contributed by atoms with Crippen LogP contribution >= 0.6 is 11.8 Å². The Hall–Kier alpha value is -2.65. The number of thioether (sulfide) groups is 1. The van der Waals surface area contributed by atoms with Gasteiger partial charge in [-0.1, -0.05) is 11.8 Å². The third-order valence-electron chi connectivity index (χ3n) is 4.60. The quantitative estimate of drug-likeness (QED) is 0.634. The van der Waals surface area contributed by atoms with Crippen LogP contribution in [0, 0.1) is 0 Å². The van der Waals surface area contributed by atoms with Crippen LogP contribution in [0.2, 0.25) is 0 Å². The Morgan fingerprint density at radius 2 is 2.18 bits per heavy atom. The molecule has 3 aromatic heterocycles. The summed E-state index contributed by atoms with van der Waals surface area (Å²) >= 11 is 1.41. The maximum atomic E-state index is 12.6. The van der Waals surface area contributed by atoms with Crippen molar-refractivity contribution in [2.45, 2.75) is 24.7 Å². The number of nitrogens with one attached hydrogen (secondary N) is 1. The van der Waals surface area contributed by atoms with Gasteiger partial charge in [0.1, 0.15) is 5.76 Å². The number of nitrogens with zero attached hydrogens (tertiary/aromatic N) is 5. The number of hydrogen-bond acceptors (Lipinski definition) is 7. The number of hydrogen-bond donors (Lipinski definition) is 1. The Kier molecular flexibility index (Phi) is 5.73. The molecule has 3 aromatic rings. The number of aromatic nitrogens is 4. The maximum absolute atomic E-state index is 12.6. The van der Waals surface area contributed by atoms with Gasteiger partial charge in [0.15, 0.2) is 11.0 Å². The smallest absolute Gasteiger partial charge is 0.233 e. The highest BCUT2D eigenvalue weighted by Gasteiger charge is 2.22. The van der Waals surface area contributed by atoms with Gasteiger partial charge in [0, 0.05) is 43.6 Å². The van der Waals surface area contributed by atoms with E-state index in [4.69, 9.17) is 4.42 Å². The molecule has 8 nitrogen and oxygen atoms in total. The van der Waals surface area contributed by atoms with E-state index in [0.29, 0.717) is 23.5 Å². The first-order valence-electron chi connectivity index (χ1n) is 9.20. The average Bonchev–Trinajstić information content (AvgIpc) is 3.37. The Labute approximate surface area is 167 Å². The van der Waals surface area contributed by atoms with Crippen molar-refractivity contribution in [3.8, 4) is 11.4 Å². The first-order chi connectivity index (χ1) is 13.7. The lowest BCUT2D eigenvalue weighted by Gasteiger charge is -2.31. The minimum absolute atomic E-state index is 0.122. The first kappa shape index (κ1) is 18.7. The highest BCUT2D eigenvalue weighted by atomic mass is 32.2. The van der Waals surface area contributed by atoms with Gasteiger partial charge in [-0.2, -0.15) is 0 Å². The second-order valence-corrected chi connectivity index (χ2v) is 7.63. The third kappa shape index (κ3) is 4.26. The van der Waals surface area contributed by atoms with Gasteiger partial charge < -0.3 is 14.6 Å². The van der Waals surface area contributed by atoms with E-state index in [1.807, 2.05) is 33.7 Å². The fraction of sp³-hybridized carbons (Fsp3) is 0.368. The summed E-state index contributed by atoms with van der Waals surface area (Å²) in [6.45, 7) is 4.90. The molecule has 1 aliphatic rings. The molecule has 4 rings (SSSR count). The molecule has 0 spiro atoms. The largest absolute Gasteiger partial charge is 0.467 e. The molecule has 146 valence electrons. The van der Waals surface area contributed by atoms with E-state index < -0.39 is 0 Å². The predicted octanol–water partition coefficient (Wildman–Crippen LogP) is 1.89. The van der Waals surface area contributed by atoms with Crippen LogP contribution < -0.4 is 5.32 Å². The minimum atomic E-state index is 0.122. The summed E-state index contributed by atoms with van der Waals surface area (Å²) in [5, 5.41) is 12.7. The number of rotatable bonds is 6. The van der Waals surface area contributed by atoms with Gasteiger partial charge in [0.25, 0.3) is 0 Å². The lowest BCUT2D eigenvalue weighted by Crippen LogP contribution is -2.51. The van der Waals surface area contributed by atoms with Crippen LogP contribution in [0.1, 0.15) is 12.7 Å². The number of pyridine rings is 1.